The predicted molar refractivity (Wildman–Crippen MR) is 117 cm³/mol. The second kappa shape index (κ2) is 9.08. The number of amides is 2. The average molecular weight is 473 g/mol. The van der Waals surface area contributed by atoms with Crippen LogP contribution in [0.1, 0.15) is 28.8 Å². The minimum atomic E-state index is -0.236. The van der Waals surface area contributed by atoms with E-state index < -0.39 is 0 Å². The lowest BCUT2D eigenvalue weighted by Crippen LogP contribution is -2.50. The number of hydrogen-bond donors (Lipinski definition) is 0. The van der Waals surface area contributed by atoms with Gasteiger partial charge in [0.25, 0.3) is 5.91 Å². The highest BCUT2D eigenvalue weighted by molar-refractivity contribution is 9.10. The number of carbonyl (C=O) groups is 2. The van der Waals surface area contributed by atoms with Crippen molar-refractivity contribution < 1.29 is 19.1 Å². The zero-order chi connectivity index (χ0) is 21.1. The number of piperidine rings is 1. The maximum Gasteiger partial charge on any atom is 0.410 e. The van der Waals surface area contributed by atoms with Crippen molar-refractivity contribution >= 4 is 27.9 Å². The predicted octanol–water partition coefficient (Wildman–Crippen LogP) is 4.13. The normalized spacial score (nSPS) is 19.7. The molecule has 30 heavy (non-hydrogen) atoms. The van der Waals surface area contributed by atoms with Gasteiger partial charge in [-0.2, -0.15) is 0 Å². The summed E-state index contributed by atoms with van der Waals surface area (Å²) in [6.07, 6.45) is 2.05. The van der Waals surface area contributed by atoms with Crippen LogP contribution >= 0.6 is 15.9 Å². The molecule has 2 saturated heterocycles. The lowest BCUT2D eigenvalue weighted by atomic mass is 9.98. The van der Waals surface area contributed by atoms with Crippen molar-refractivity contribution in [3.63, 3.8) is 0 Å². The van der Waals surface area contributed by atoms with Gasteiger partial charge in [-0.1, -0.05) is 30.3 Å². The molecule has 2 heterocycles. The molecule has 2 aromatic rings. The molecular formula is C23H25BrN2O4. The zero-order valence-electron chi connectivity index (χ0n) is 16.9. The third kappa shape index (κ3) is 4.31. The van der Waals surface area contributed by atoms with Crippen molar-refractivity contribution in [3.8, 4) is 5.75 Å². The Labute approximate surface area is 184 Å². The molecule has 1 unspecified atom stereocenters. The van der Waals surface area contributed by atoms with Crippen molar-refractivity contribution in [2.75, 3.05) is 26.8 Å². The fourth-order valence-corrected chi connectivity index (χ4v) is 4.83. The number of ether oxygens (including phenoxy) is 2. The van der Waals surface area contributed by atoms with Gasteiger partial charge < -0.3 is 14.4 Å². The van der Waals surface area contributed by atoms with E-state index in [2.05, 4.69) is 28.1 Å². The van der Waals surface area contributed by atoms with Crippen LogP contribution in [0.5, 0.6) is 5.75 Å². The highest BCUT2D eigenvalue weighted by Gasteiger charge is 2.39. The molecule has 6 nitrogen and oxygen atoms in total. The van der Waals surface area contributed by atoms with Gasteiger partial charge in [0.15, 0.2) is 0 Å². The molecule has 2 aromatic carbocycles. The first-order valence-corrected chi connectivity index (χ1v) is 11.0. The monoisotopic (exact) mass is 472 g/mol. The van der Waals surface area contributed by atoms with Crippen LogP contribution in [-0.2, 0) is 11.2 Å². The molecule has 0 bridgehead atoms. The van der Waals surface area contributed by atoms with Gasteiger partial charge in [-0.3, -0.25) is 9.69 Å². The maximum absolute atomic E-state index is 12.9. The summed E-state index contributed by atoms with van der Waals surface area (Å²) in [5.74, 6) is 0.698. The quantitative estimate of drug-likeness (QED) is 0.656. The molecule has 0 aliphatic carbocycles. The molecule has 158 valence electrons. The van der Waals surface area contributed by atoms with Gasteiger partial charge in [0.2, 0.25) is 0 Å². The van der Waals surface area contributed by atoms with Crippen LogP contribution in [-0.4, -0.2) is 60.7 Å². The first-order chi connectivity index (χ1) is 14.6. The van der Waals surface area contributed by atoms with Crippen LogP contribution in [0.2, 0.25) is 0 Å². The second-order valence-corrected chi connectivity index (χ2v) is 8.55. The Balaban J connectivity index is 1.39. The molecule has 2 aliphatic rings. The van der Waals surface area contributed by atoms with Crippen LogP contribution in [0, 0.1) is 0 Å². The number of nitrogens with zero attached hydrogens (tertiary/aromatic N) is 2. The second-order valence-electron chi connectivity index (χ2n) is 7.70. The van der Waals surface area contributed by atoms with Crippen LogP contribution in [0.15, 0.2) is 53.0 Å². The Hall–Kier alpha value is -2.54. The minimum Gasteiger partial charge on any atom is -0.496 e. The molecule has 2 amide bonds. The summed E-state index contributed by atoms with van der Waals surface area (Å²) in [6, 6.07) is 15.7. The van der Waals surface area contributed by atoms with E-state index >= 15 is 0 Å². The number of benzene rings is 2. The van der Waals surface area contributed by atoms with E-state index in [4.69, 9.17) is 9.47 Å². The fraction of sp³-hybridized carbons (Fsp3) is 0.391. The van der Waals surface area contributed by atoms with Gasteiger partial charge in [-0.05, 0) is 59.0 Å². The Bertz CT molecular complexity index is 913. The van der Waals surface area contributed by atoms with E-state index in [1.54, 1.807) is 25.3 Å². The van der Waals surface area contributed by atoms with E-state index in [9.17, 15) is 9.59 Å². The standard InChI is InChI=1S/C23H25BrN2O4/c1-29-21-8-7-17(14-20(21)24)22(27)25-11-9-18(10-12-25)26-19(15-30-23(26)28)13-16-5-3-2-4-6-16/h2-8,14,18-19H,9-13,15H2,1H3. The number of carbonyl (C=O) groups excluding carboxylic acids is 2. The third-order valence-corrected chi connectivity index (χ3v) is 6.48. The Kier molecular flexibility index (Phi) is 6.27. The highest BCUT2D eigenvalue weighted by atomic mass is 79.9. The van der Waals surface area contributed by atoms with E-state index in [0.717, 1.165) is 23.7 Å². The molecule has 0 spiro atoms. The van der Waals surface area contributed by atoms with E-state index in [0.29, 0.717) is 31.0 Å². The SMILES string of the molecule is COc1ccc(C(=O)N2CCC(N3C(=O)OCC3Cc3ccccc3)CC2)cc1Br. The average Bonchev–Trinajstić information content (AvgIpc) is 3.14. The van der Waals surface area contributed by atoms with Crippen molar-refractivity contribution in [3.05, 3.63) is 64.1 Å². The molecule has 0 N–H and O–H groups in total. The molecule has 4 rings (SSSR count). The third-order valence-electron chi connectivity index (χ3n) is 5.86. The lowest BCUT2D eigenvalue weighted by Gasteiger charge is -2.38. The van der Waals surface area contributed by atoms with Gasteiger partial charge in [0.1, 0.15) is 12.4 Å². The summed E-state index contributed by atoms with van der Waals surface area (Å²) in [5.41, 5.74) is 1.83. The van der Waals surface area contributed by atoms with Gasteiger partial charge in [-0.15, -0.1) is 0 Å². The molecule has 2 aliphatic heterocycles. The van der Waals surface area contributed by atoms with Crippen molar-refractivity contribution in [2.24, 2.45) is 0 Å². The molecule has 0 radical (unpaired) electrons. The van der Waals surface area contributed by atoms with Crippen molar-refractivity contribution in [2.45, 2.75) is 31.3 Å². The summed E-state index contributed by atoms with van der Waals surface area (Å²) in [6.45, 7) is 1.66. The number of hydrogen-bond acceptors (Lipinski definition) is 4. The van der Waals surface area contributed by atoms with Crippen LogP contribution < -0.4 is 4.74 Å². The molecule has 0 saturated carbocycles. The maximum atomic E-state index is 12.9. The fourth-order valence-electron chi connectivity index (χ4n) is 4.29. The molecule has 7 heteroatoms. The van der Waals surface area contributed by atoms with E-state index in [1.807, 2.05) is 28.0 Å². The topological polar surface area (TPSA) is 59.1 Å². The largest absolute Gasteiger partial charge is 0.496 e. The van der Waals surface area contributed by atoms with Gasteiger partial charge in [0, 0.05) is 24.7 Å². The summed E-state index contributed by atoms with van der Waals surface area (Å²) in [5, 5.41) is 0. The van der Waals surface area contributed by atoms with Crippen LogP contribution in [0.4, 0.5) is 4.79 Å². The molecule has 2 fully saturated rings. The van der Waals surface area contributed by atoms with E-state index in [1.165, 1.54) is 5.56 Å². The van der Waals surface area contributed by atoms with Gasteiger partial charge >= 0.3 is 6.09 Å². The summed E-state index contributed by atoms with van der Waals surface area (Å²) in [4.78, 5) is 29.1. The number of cyclic esters (lactones) is 1. The first kappa shape index (κ1) is 20.7. The number of methoxy groups -OCH3 is 1. The Morgan fingerprint density at radius 2 is 1.90 bits per heavy atom. The smallest absolute Gasteiger partial charge is 0.410 e. The molecular weight excluding hydrogens is 448 g/mol. The molecule has 1 atom stereocenters. The summed E-state index contributed by atoms with van der Waals surface area (Å²) >= 11 is 3.44. The summed E-state index contributed by atoms with van der Waals surface area (Å²) < 4.78 is 11.4. The van der Waals surface area contributed by atoms with Crippen LogP contribution in [0.25, 0.3) is 0 Å². The van der Waals surface area contributed by atoms with Crippen LogP contribution in [0.3, 0.4) is 0 Å². The number of rotatable bonds is 5. The Morgan fingerprint density at radius 1 is 1.17 bits per heavy atom. The number of likely N-dealkylation sites (tertiary alicyclic amines) is 1. The van der Waals surface area contributed by atoms with Crippen molar-refractivity contribution in [1.29, 1.82) is 0 Å². The zero-order valence-corrected chi connectivity index (χ0v) is 18.5. The van der Waals surface area contributed by atoms with Gasteiger partial charge in [-0.25, -0.2) is 4.79 Å². The number of halogens is 1. The minimum absolute atomic E-state index is 0.00152. The highest BCUT2D eigenvalue weighted by Crippen LogP contribution is 2.29. The first-order valence-electron chi connectivity index (χ1n) is 10.2. The summed E-state index contributed by atoms with van der Waals surface area (Å²) in [7, 11) is 1.60. The Morgan fingerprint density at radius 3 is 2.57 bits per heavy atom. The van der Waals surface area contributed by atoms with Crippen molar-refractivity contribution in [1.82, 2.24) is 9.80 Å². The molecule has 0 aromatic heterocycles. The van der Waals surface area contributed by atoms with Gasteiger partial charge in [0.05, 0.1) is 17.6 Å². The van der Waals surface area contributed by atoms with E-state index in [-0.39, 0.29) is 24.1 Å². The lowest BCUT2D eigenvalue weighted by molar-refractivity contribution is 0.0636.